The molecule has 0 saturated carbocycles. The van der Waals surface area contributed by atoms with Crippen molar-refractivity contribution >= 4 is 24.9 Å². The number of hydrogen-bond acceptors (Lipinski definition) is 3. The van der Waals surface area contributed by atoms with Gasteiger partial charge in [0.25, 0.3) is 0 Å². The highest BCUT2D eigenvalue weighted by atomic mass is 35.5. The Morgan fingerprint density at radius 1 is 1.28 bits per heavy atom. The van der Waals surface area contributed by atoms with Crippen LogP contribution in [0.1, 0.15) is 0 Å². The van der Waals surface area contributed by atoms with Crippen LogP contribution in [0.5, 0.6) is 0 Å². The first-order chi connectivity index (χ1) is 8.64. The van der Waals surface area contributed by atoms with Gasteiger partial charge < -0.3 is 9.82 Å². The molecule has 100 valence electrons. The molecule has 18 heavy (non-hydrogen) atoms. The molecule has 8 heteroatoms. The van der Waals surface area contributed by atoms with Gasteiger partial charge in [-0.1, -0.05) is 11.6 Å². The minimum atomic E-state index is -3.02. The van der Waals surface area contributed by atoms with E-state index in [1.165, 1.54) is 0 Å². The molecule has 2 rings (SSSR count). The number of nitrogens with zero attached hydrogens (tertiary/aromatic N) is 1. The van der Waals surface area contributed by atoms with Crippen molar-refractivity contribution in [2.24, 2.45) is 5.84 Å². The van der Waals surface area contributed by atoms with E-state index in [1.807, 2.05) is 0 Å². The second-order valence-corrected chi connectivity index (χ2v) is 6.53. The zero-order chi connectivity index (χ0) is 13.0. The van der Waals surface area contributed by atoms with Crippen molar-refractivity contribution in [2.45, 2.75) is 0 Å². The third kappa shape index (κ3) is 3.23. The molecule has 0 amide bonds. The number of hydrogen-bond donors (Lipinski definition) is 3. The first-order valence-electron chi connectivity index (χ1n) is 5.59. The Kier molecular flexibility index (Phi) is 4.61. The monoisotopic (exact) mass is 290 g/mol. The highest BCUT2D eigenvalue weighted by Gasteiger charge is 2.30. The average Bonchev–Trinajstić information content (AvgIpc) is 2.42. The van der Waals surface area contributed by atoms with Crippen LogP contribution in [0, 0.1) is 0 Å². The summed E-state index contributed by atoms with van der Waals surface area (Å²) < 4.78 is 19.7. The summed E-state index contributed by atoms with van der Waals surface area (Å²) in [5.74, 6) is 5.43. The largest absolute Gasteiger partial charge is 0.379 e. The molecule has 1 aliphatic heterocycles. The highest BCUT2D eigenvalue weighted by Crippen LogP contribution is 2.44. The number of benzene rings is 1. The molecule has 0 bridgehead atoms. The summed E-state index contributed by atoms with van der Waals surface area (Å²) in [5.41, 5.74) is 0.701. The third-order valence-electron chi connectivity index (χ3n) is 2.69. The molecule has 0 aromatic heterocycles. The Hall–Kier alpha value is -0.620. The minimum Gasteiger partial charge on any atom is -0.379 e. The maximum Gasteiger partial charge on any atom is 0.319 e. The summed E-state index contributed by atoms with van der Waals surface area (Å²) in [6, 6.07) is 6.97. The van der Waals surface area contributed by atoms with Gasteiger partial charge in [-0.2, -0.15) is 5.20 Å². The summed E-state index contributed by atoms with van der Waals surface area (Å²) in [4.78, 5) is 0. The van der Waals surface area contributed by atoms with Crippen LogP contribution in [-0.2, 0) is 9.30 Å². The molecule has 1 unspecified atom stereocenters. The summed E-state index contributed by atoms with van der Waals surface area (Å²) in [5, 5.41) is 5.95. The average molecular weight is 291 g/mol. The van der Waals surface area contributed by atoms with E-state index in [4.69, 9.17) is 22.2 Å². The number of morpholine rings is 1. The van der Waals surface area contributed by atoms with Gasteiger partial charge in [-0.15, -0.1) is 0 Å². The van der Waals surface area contributed by atoms with E-state index in [0.29, 0.717) is 37.0 Å². The Bertz CT molecular complexity index is 436. The number of nitrogens with two attached hydrogens (primary N) is 1. The van der Waals surface area contributed by atoms with Crippen molar-refractivity contribution in [1.82, 2.24) is 9.87 Å². The second kappa shape index (κ2) is 6.02. The first kappa shape index (κ1) is 13.8. The Balaban J connectivity index is 2.11. The number of halogens is 1. The lowest BCUT2D eigenvalue weighted by Crippen LogP contribution is -2.41. The molecule has 1 aromatic carbocycles. The molecule has 1 atom stereocenters. The van der Waals surface area contributed by atoms with E-state index >= 15 is 0 Å². The molecule has 4 N–H and O–H groups in total. The molecule has 1 heterocycles. The fraction of sp³-hybridized carbons (Fsp3) is 0.400. The number of hydrazine groups is 1. The van der Waals surface area contributed by atoms with Gasteiger partial charge in [0.05, 0.1) is 13.2 Å². The van der Waals surface area contributed by atoms with Gasteiger partial charge in [-0.25, -0.2) is 4.67 Å². The van der Waals surface area contributed by atoms with E-state index in [2.05, 4.69) is 10.3 Å². The molecule has 6 nitrogen and oxygen atoms in total. The molecule has 0 radical (unpaired) electrons. The molecule has 0 spiro atoms. The Morgan fingerprint density at radius 3 is 2.44 bits per heavy atom. The van der Waals surface area contributed by atoms with Gasteiger partial charge in [-0.3, -0.25) is 10.4 Å². The standard InChI is InChI=1S/C10H16ClN4O2P/c11-9-1-3-10(4-2-9)13-18(16,14-12)15-5-7-17-8-6-15/h1-4H,5-8,12H2,(H2,13,14,16). The predicted octanol–water partition coefficient (Wildman–Crippen LogP) is 1.66. The molecular weight excluding hydrogens is 275 g/mol. The molecule has 1 fully saturated rings. The maximum atomic E-state index is 12.7. The molecule has 1 saturated heterocycles. The molecule has 1 aliphatic rings. The van der Waals surface area contributed by atoms with Crippen molar-refractivity contribution in [2.75, 3.05) is 31.4 Å². The molecule has 0 aliphatic carbocycles. The van der Waals surface area contributed by atoms with Crippen molar-refractivity contribution in [1.29, 1.82) is 0 Å². The smallest absolute Gasteiger partial charge is 0.319 e. The lowest BCUT2D eigenvalue weighted by atomic mass is 10.3. The van der Waals surface area contributed by atoms with Gasteiger partial charge in [0.1, 0.15) is 0 Å². The van der Waals surface area contributed by atoms with Crippen molar-refractivity contribution in [3.8, 4) is 0 Å². The fourth-order valence-corrected chi connectivity index (χ4v) is 3.44. The predicted molar refractivity (Wildman–Crippen MR) is 72.4 cm³/mol. The van der Waals surface area contributed by atoms with Crippen LogP contribution < -0.4 is 16.1 Å². The Morgan fingerprint density at radius 2 is 1.89 bits per heavy atom. The number of nitrogens with one attached hydrogen (secondary N) is 2. The lowest BCUT2D eigenvalue weighted by Gasteiger charge is -2.33. The topological polar surface area (TPSA) is 79.6 Å². The fourth-order valence-electron chi connectivity index (χ4n) is 1.72. The van der Waals surface area contributed by atoms with E-state index in [9.17, 15) is 4.57 Å². The lowest BCUT2D eigenvalue weighted by molar-refractivity contribution is 0.0716. The van der Waals surface area contributed by atoms with E-state index < -0.39 is 7.59 Å². The van der Waals surface area contributed by atoms with Crippen LogP contribution in [0.3, 0.4) is 0 Å². The zero-order valence-electron chi connectivity index (χ0n) is 9.80. The van der Waals surface area contributed by atoms with Crippen molar-refractivity contribution in [3.05, 3.63) is 29.3 Å². The van der Waals surface area contributed by atoms with Crippen molar-refractivity contribution in [3.63, 3.8) is 0 Å². The van der Waals surface area contributed by atoms with Crippen LogP contribution >= 0.6 is 19.2 Å². The number of anilines is 1. The normalized spacial score (nSPS) is 20.3. The van der Waals surface area contributed by atoms with Gasteiger partial charge in [0, 0.05) is 23.8 Å². The van der Waals surface area contributed by atoms with Crippen LogP contribution in [0.15, 0.2) is 24.3 Å². The van der Waals surface area contributed by atoms with Gasteiger partial charge >= 0.3 is 7.59 Å². The van der Waals surface area contributed by atoms with Crippen molar-refractivity contribution < 1.29 is 9.30 Å². The highest BCUT2D eigenvalue weighted by molar-refractivity contribution is 7.60. The first-order valence-corrected chi connectivity index (χ1v) is 7.63. The molecular formula is C10H16ClN4O2P. The van der Waals surface area contributed by atoms with Gasteiger partial charge in [-0.05, 0) is 24.3 Å². The second-order valence-electron chi connectivity index (χ2n) is 3.89. The zero-order valence-corrected chi connectivity index (χ0v) is 11.5. The SMILES string of the molecule is NNP(=O)(Nc1ccc(Cl)cc1)N1CCOCC1. The summed E-state index contributed by atoms with van der Waals surface area (Å²) in [6.07, 6.45) is 0. The van der Waals surface area contributed by atoms with E-state index in [1.54, 1.807) is 28.9 Å². The number of rotatable bonds is 4. The quantitative estimate of drug-likeness (QED) is 0.445. The van der Waals surface area contributed by atoms with E-state index in [-0.39, 0.29) is 0 Å². The maximum absolute atomic E-state index is 12.7. The van der Waals surface area contributed by atoms with Crippen LogP contribution in [0.2, 0.25) is 5.02 Å². The van der Waals surface area contributed by atoms with Crippen LogP contribution in [0.4, 0.5) is 5.69 Å². The molecule has 1 aromatic rings. The summed E-state index contributed by atoms with van der Waals surface area (Å²) in [7, 11) is -3.02. The summed E-state index contributed by atoms with van der Waals surface area (Å²) in [6.45, 7) is 2.24. The third-order valence-corrected chi connectivity index (χ3v) is 5.05. The van der Waals surface area contributed by atoms with Gasteiger partial charge in [0.15, 0.2) is 0 Å². The van der Waals surface area contributed by atoms with E-state index in [0.717, 1.165) is 0 Å². The minimum absolute atomic E-state index is 0.550. The number of ether oxygens (including phenoxy) is 1. The van der Waals surface area contributed by atoms with Crippen LogP contribution in [-0.4, -0.2) is 31.0 Å². The van der Waals surface area contributed by atoms with Crippen LogP contribution in [0.25, 0.3) is 0 Å². The van der Waals surface area contributed by atoms with Gasteiger partial charge in [0.2, 0.25) is 0 Å². The summed E-state index contributed by atoms with van der Waals surface area (Å²) >= 11 is 5.80. The Labute approximate surface area is 111 Å².